The number of ether oxygens (including phenoxy) is 4. The highest BCUT2D eigenvalue weighted by Gasteiger charge is 2.46. The number of rotatable bonds is 27. The Morgan fingerprint density at radius 1 is 0.543 bits per heavy atom. The van der Waals surface area contributed by atoms with Gasteiger partial charge in [0.05, 0.1) is 25.0 Å². The molecular formula is C40H76O6. The van der Waals surface area contributed by atoms with E-state index in [9.17, 15) is 9.59 Å². The molecule has 6 heteroatoms. The van der Waals surface area contributed by atoms with Gasteiger partial charge in [0.1, 0.15) is 13.2 Å². The van der Waals surface area contributed by atoms with Crippen LogP contribution < -0.4 is 0 Å². The van der Waals surface area contributed by atoms with E-state index in [1.54, 1.807) is 14.2 Å². The van der Waals surface area contributed by atoms with Crippen LogP contribution >= 0.6 is 0 Å². The van der Waals surface area contributed by atoms with Crippen molar-refractivity contribution in [1.29, 1.82) is 0 Å². The molecule has 7 atom stereocenters. The van der Waals surface area contributed by atoms with Gasteiger partial charge in [0.2, 0.25) is 0 Å². The summed E-state index contributed by atoms with van der Waals surface area (Å²) in [5, 5.41) is 0. The molecule has 0 saturated heterocycles. The largest absolute Gasteiger partial charge is 0.463 e. The Hall–Kier alpha value is -1.14. The van der Waals surface area contributed by atoms with Crippen molar-refractivity contribution in [2.45, 2.75) is 151 Å². The maximum absolute atomic E-state index is 13.6. The van der Waals surface area contributed by atoms with Crippen LogP contribution in [0.3, 0.4) is 0 Å². The van der Waals surface area contributed by atoms with E-state index in [4.69, 9.17) is 18.9 Å². The molecule has 7 unspecified atom stereocenters. The van der Waals surface area contributed by atoms with E-state index in [0.29, 0.717) is 31.5 Å². The molecule has 0 aromatic heterocycles. The van der Waals surface area contributed by atoms with Gasteiger partial charge in [-0.3, -0.25) is 9.59 Å². The van der Waals surface area contributed by atoms with Crippen LogP contribution in [0.1, 0.15) is 151 Å². The highest BCUT2D eigenvalue weighted by atomic mass is 16.6. The Morgan fingerprint density at radius 3 is 1.50 bits per heavy atom. The van der Waals surface area contributed by atoms with Crippen LogP contribution in [0.4, 0.5) is 0 Å². The number of methoxy groups -OCH3 is 2. The quantitative estimate of drug-likeness (QED) is 0.0650. The Labute approximate surface area is 285 Å². The van der Waals surface area contributed by atoms with Crippen LogP contribution in [-0.4, -0.2) is 52.6 Å². The molecule has 0 aromatic rings. The number of hydrogen-bond acceptors (Lipinski definition) is 6. The highest BCUT2D eigenvalue weighted by Crippen LogP contribution is 2.44. The first-order valence-electron chi connectivity index (χ1n) is 19.3. The summed E-state index contributed by atoms with van der Waals surface area (Å²) in [4.78, 5) is 27.1. The second-order valence-corrected chi connectivity index (χ2v) is 16.0. The normalized spacial score (nSPS) is 22.2. The molecule has 0 aliphatic heterocycles. The molecule has 1 aliphatic rings. The van der Waals surface area contributed by atoms with Crippen molar-refractivity contribution >= 4 is 11.9 Å². The first kappa shape index (κ1) is 42.9. The van der Waals surface area contributed by atoms with Gasteiger partial charge < -0.3 is 18.9 Å². The third-order valence-electron chi connectivity index (χ3n) is 10.5. The Bertz CT molecular complexity index is 767. The summed E-state index contributed by atoms with van der Waals surface area (Å²) in [6.07, 6.45) is 19.0. The van der Waals surface area contributed by atoms with Gasteiger partial charge in [0.25, 0.3) is 0 Å². The molecule has 1 rings (SSSR count). The zero-order chi connectivity index (χ0) is 34.3. The monoisotopic (exact) mass is 653 g/mol. The van der Waals surface area contributed by atoms with Gasteiger partial charge in [-0.1, -0.05) is 132 Å². The standard InChI is InChI=1S/C40H76O6/c1-30(2)14-10-16-32(5)18-12-19-34(7)22-23-36-28-35(21-13-20-33(6)17-11-15-31(3)4)29-37(39(41)45-26-24-43-8)38(36)40(42)46-27-25-44-9/h30-38H,10-29H2,1-9H3. The number of carbonyl (C=O) groups excluding carboxylic acids is 2. The predicted octanol–water partition coefficient (Wildman–Crippen LogP) is 10.3. The summed E-state index contributed by atoms with van der Waals surface area (Å²) in [5.41, 5.74) is 0. The molecule has 0 N–H and O–H groups in total. The molecule has 0 bridgehead atoms. The van der Waals surface area contributed by atoms with Gasteiger partial charge in [-0.05, 0) is 60.7 Å². The molecule has 46 heavy (non-hydrogen) atoms. The van der Waals surface area contributed by atoms with Crippen LogP contribution in [0.2, 0.25) is 0 Å². The Kier molecular flexibility index (Phi) is 24.1. The topological polar surface area (TPSA) is 71.1 Å². The van der Waals surface area contributed by atoms with Crippen LogP contribution in [0.5, 0.6) is 0 Å². The van der Waals surface area contributed by atoms with Crippen molar-refractivity contribution in [2.24, 2.45) is 53.3 Å². The summed E-state index contributed by atoms with van der Waals surface area (Å²) >= 11 is 0. The fourth-order valence-electron chi connectivity index (χ4n) is 7.54. The van der Waals surface area contributed by atoms with E-state index >= 15 is 0 Å². The van der Waals surface area contributed by atoms with Crippen LogP contribution in [0.15, 0.2) is 0 Å². The second kappa shape index (κ2) is 25.8. The summed E-state index contributed by atoms with van der Waals surface area (Å²) in [6, 6.07) is 0. The first-order chi connectivity index (χ1) is 22.0. The van der Waals surface area contributed by atoms with Crippen molar-refractivity contribution in [3.8, 4) is 0 Å². The first-order valence-corrected chi connectivity index (χ1v) is 19.3. The van der Waals surface area contributed by atoms with E-state index < -0.39 is 11.8 Å². The molecule has 0 aromatic carbocycles. The number of hydrogen-bond donors (Lipinski definition) is 0. The summed E-state index contributed by atoms with van der Waals surface area (Å²) in [6.45, 7) is 17.5. The lowest BCUT2D eigenvalue weighted by Crippen LogP contribution is -2.43. The lowest BCUT2D eigenvalue weighted by Gasteiger charge is -2.40. The maximum Gasteiger partial charge on any atom is 0.310 e. The van der Waals surface area contributed by atoms with E-state index in [0.717, 1.165) is 49.4 Å². The third kappa shape index (κ3) is 19.6. The average molecular weight is 653 g/mol. The highest BCUT2D eigenvalue weighted by molar-refractivity contribution is 5.82. The second-order valence-electron chi connectivity index (χ2n) is 16.0. The van der Waals surface area contributed by atoms with Crippen molar-refractivity contribution in [3.63, 3.8) is 0 Å². The number of carbonyl (C=O) groups is 2. The molecule has 272 valence electrons. The lowest BCUT2D eigenvalue weighted by atomic mass is 9.64. The SMILES string of the molecule is COCCOC(=O)C1CC(CCCC(C)CCCC(C)C)CC(CCC(C)CCCC(C)CCCC(C)C)C1C(=O)OCCOC. The average Bonchev–Trinajstić information content (AvgIpc) is 2.99. The van der Waals surface area contributed by atoms with Crippen molar-refractivity contribution < 1.29 is 28.5 Å². The number of esters is 2. The van der Waals surface area contributed by atoms with Gasteiger partial charge in [0.15, 0.2) is 0 Å². The van der Waals surface area contributed by atoms with E-state index in [-0.39, 0.29) is 31.1 Å². The summed E-state index contributed by atoms with van der Waals surface area (Å²) in [7, 11) is 3.21. The minimum Gasteiger partial charge on any atom is -0.463 e. The zero-order valence-electron chi connectivity index (χ0n) is 31.8. The van der Waals surface area contributed by atoms with Crippen molar-refractivity contribution in [1.82, 2.24) is 0 Å². The maximum atomic E-state index is 13.6. The van der Waals surface area contributed by atoms with Gasteiger partial charge in [-0.15, -0.1) is 0 Å². The van der Waals surface area contributed by atoms with Gasteiger partial charge >= 0.3 is 11.9 Å². The molecule has 1 aliphatic carbocycles. The zero-order valence-corrected chi connectivity index (χ0v) is 31.8. The fourth-order valence-corrected chi connectivity index (χ4v) is 7.54. The lowest BCUT2D eigenvalue weighted by molar-refractivity contribution is -0.168. The Balaban J connectivity index is 2.90. The molecule has 1 fully saturated rings. The van der Waals surface area contributed by atoms with Crippen LogP contribution in [0, 0.1) is 53.3 Å². The molecule has 0 amide bonds. The van der Waals surface area contributed by atoms with Crippen molar-refractivity contribution in [2.75, 3.05) is 40.6 Å². The minimum atomic E-state index is -0.457. The minimum absolute atomic E-state index is 0.134. The summed E-state index contributed by atoms with van der Waals surface area (Å²) in [5.74, 6) is 2.83. The molecule has 1 saturated carbocycles. The van der Waals surface area contributed by atoms with E-state index in [1.807, 2.05) is 0 Å². The third-order valence-corrected chi connectivity index (χ3v) is 10.5. The van der Waals surface area contributed by atoms with E-state index in [2.05, 4.69) is 48.5 Å². The van der Waals surface area contributed by atoms with Gasteiger partial charge in [-0.25, -0.2) is 0 Å². The molecule has 0 spiro atoms. The molecular weight excluding hydrogens is 576 g/mol. The van der Waals surface area contributed by atoms with Gasteiger partial charge in [0, 0.05) is 14.2 Å². The molecule has 6 nitrogen and oxygen atoms in total. The van der Waals surface area contributed by atoms with E-state index in [1.165, 1.54) is 70.6 Å². The molecule has 0 radical (unpaired) electrons. The van der Waals surface area contributed by atoms with Crippen molar-refractivity contribution in [3.05, 3.63) is 0 Å². The molecule has 0 heterocycles. The smallest absolute Gasteiger partial charge is 0.310 e. The van der Waals surface area contributed by atoms with Crippen LogP contribution in [0.25, 0.3) is 0 Å². The fraction of sp³-hybridized carbons (Fsp3) is 0.950. The predicted molar refractivity (Wildman–Crippen MR) is 191 cm³/mol. The van der Waals surface area contributed by atoms with Crippen LogP contribution in [-0.2, 0) is 28.5 Å². The van der Waals surface area contributed by atoms with Gasteiger partial charge in [-0.2, -0.15) is 0 Å². The summed E-state index contributed by atoms with van der Waals surface area (Å²) < 4.78 is 21.7. The Morgan fingerprint density at radius 2 is 1.00 bits per heavy atom.